The highest BCUT2D eigenvalue weighted by Crippen LogP contribution is 2.34. The Labute approximate surface area is 122 Å². The zero-order valence-corrected chi connectivity index (χ0v) is 12.1. The lowest BCUT2D eigenvalue weighted by molar-refractivity contribution is 0.394. The lowest BCUT2D eigenvalue weighted by atomic mass is 9.97. The van der Waals surface area contributed by atoms with Crippen LogP contribution in [0, 0.1) is 11.6 Å². The smallest absolute Gasteiger partial charge is 0.128 e. The van der Waals surface area contributed by atoms with Crippen LogP contribution in [0.1, 0.15) is 17.2 Å². The summed E-state index contributed by atoms with van der Waals surface area (Å²) in [6.45, 7) is 0. The molecule has 0 aliphatic rings. The second-order valence-electron chi connectivity index (χ2n) is 4.50. The molecule has 0 aliphatic carbocycles. The highest BCUT2D eigenvalue weighted by molar-refractivity contribution is 5.46. The SMILES string of the molecule is CNC(c1cc(F)ccc1F)c1cc(OC)ccc1OC. The number of ether oxygens (including phenoxy) is 2. The van der Waals surface area contributed by atoms with Crippen LogP contribution in [0.5, 0.6) is 11.5 Å². The van der Waals surface area contributed by atoms with E-state index in [1.807, 2.05) is 0 Å². The Morgan fingerprint density at radius 1 is 0.952 bits per heavy atom. The Morgan fingerprint density at radius 2 is 1.71 bits per heavy atom. The largest absolute Gasteiger partial charge is 0.497 e. The van der Waals surface area contributed by atoms with Crippen molar-refractivity contribution in [1.82, 2.24) is 5.32 Å². The van der Waals surface area contributed by atoms with Gasteiger partial charge >= 0.3 is 0 Å². The molecule has 0 radical (unpaired) electrons. The van der Waals surface area contributed by atoms with E-state index in [9.17, 15) is 8.78 Å². The van der Waals surface area contributed by atoms with E-state index in [1.165, 1.54) is 13.2 Å². The third kappa shape index (κ3) is 3.13. The molecule has 0 saturated heterocycles. The zero-order valence-electron chi connectivity index (χ0n) is 12.1. The van der Waals surface area contributed by atoms with Crippen molar-refractivity contribution in [2.45, 2.75) is 6.04 Å². The van der Waals surface area contributed by atoms with Gasteiger partial charge in [-0.1, -0.05) is 0 Å². The molecular weight excluding hydrogens is 276 g/mol. The van der Waals surface area contributed by atoms with Crippen LogP contribution in [-0.2, 0) is 0 Å². The molecule has 1 N–H and O–H groups in total. The molecule has 2 aromatic carbocycles. The van der Waals surface area contributed by atoms with Crippen molar-refractivity contribution in [1.29, 1.82) is 0 Å². The van der Waals surface area contributed by atoms with Gasteiger partial charge in [-0.05, 0) is 43.4 Å². The Balaban J connectivity index is 2.57. The fourth-order valence-corrected chi connectivity index (χ4v) is 2.28. The normalized spacial score (nSPS) is 12.0. The predicted octanol–water partition coefficient (Wildman–Crippen LogP) is 3.29. The zero-order chi connectivity index (χ0) is 15.4. The third-order valence-corrected chi connectivity index (χ3v) is 3.31. The van der Waals surface area contributed by atoms with Gasteiger partial charge in [-0.2, -0.15) is 0 Å². The molecule has 0 fully saturated rings. The molecule has 2 aromatic rings. The predicted molar refractivity (Wildman–Crippen MR) is 76.8 cm³/mol. The summed E-state index contributed by atoms with van der Waals surface area (Å²) < 4.78 is 38.0. The minimum Gasteiger partial charge on any atom is -0.497 e. The van der Waals surface area contributed by atoms with Gasteiger partial charge in [0.15, 0.2) is 0 Å². The van der Waals surface area contributed by atoms with Crippen molar-refractivity contribution in [3.05, 3.63) is 59.2 Å². The minimum atomic E-state index is -0.550. The first-order valence-corrected chi connectivity index (χ1v) is 6.44. The molecule has 1 atom stereocenters. The number of hydrogen-bond acceptors (Lipinski definition) is 3. The Kier molecular flexibility index (Phi) is 4.75. The van der Waals surface area contributed by atoms with Crippen molar-refractivity contribution in [3.8, 4) is 11.5 Å². The summed E-state index contributed by atoms with van der Waals surface area (Å²) in [5.41, 5.74) is 0.882. The average Bonchev–Trinajstić information content (AvgIpc) is 2.51. The maximum absolute atomic E-state index is 14.0. The molecule has 3 nitrogen and oxygen atoms in total. The Hall–Kier alpha value is -2.14. The summed E-state index contributed by atoms with van der Waals surface area (Å²) in [6, 6.07) is 8.05. The van der Waals surface area contributed by atoms with Crippen molar-refractivity contribution in [2.75, 3.05) is 21.3 Å². The molecule has 0 aliphatic heterocycles. The lowest BCUT2D eigenvalue weighted by Crippen LogP contribution is -2.20. The molecule has 0 bridgehead atoms. The van der Waals surface area contributed by atoms with Gasteiger partial charge < -0.3 is 14.8 Å². The van der Waals surface area contributed by atoms with E-state index >= 15 is 0 Å². The molecule has 0 heterocycles. The van der Waals surface area contributed by atoms with Crippen LogP contribution in [-0.4, -0.2) is 21.3 Å². The van der Waals surface area contributed by atoms with Crippen molar-refractivity contribution < 1.29 is 18.3 Å². The first-order valence-electron chi connectivity index (χ1n) is 6.44. The second-order valence-corrected chi connectivity index (χ2v) is 4.50. The summed E-state index contributed by atoms with van der Waals surface area (Å²) in [5, 5.41) is 2.99. The first-order chi connectivity index (χ1) is 10.1. The standard InChI is InChI=1S/C16H17F2NO2/c1-19-16(12-8-10(17)4-6-14(12)18)13-9-11(20-2)5-7-15(13)21-3/h4-9,16,19H,1-3H3. The molecule has 0 amide bonds. The quantitative estimate of drug-likeness (QED) is 0.917. The van der Waals surface area contributed by atoms with Crippen LogP contribution in [0.2, 0.25) is 0 Å². The topological polar surface area (TPSA) is 30.5 Å². The van der Waals surface area contributed by atoms with E-state index in [0.29, 0.717) is 17.1 Å². The van der Waals surface area contributed by atoms with Gasteiger partial charge in [-0.3, -0.25) is 0 Å². The summed E-state index contributed by atoms with van der Waals surface area (Å²) >= 11 is 0. The molecule has 0 saturated carbocycles. The van der Waals surface area contributed by atoms with E-state index in [0.717, 1.165) is 12.1 Å². The molecule has 0 spiro atoms. The molecule has 1 unspecified atom stereocenters. The van der Waals surface area contributed by atoms with Crippen LogP contribution in [0.4, 0.5) is 8.78 Å². The highest BCUT2D eigenvalue weighted by Gasteiger charge is 2.21. The highest BCUT2D eigenvalue weighted by atomic mass is 19.1. The van der Waals surface area contributed by atoms with Gasteiger partial charge in [-0.15, -0.1) is 0 Å². The van der Waals surface area contributed by atoms with E-state index in [-0.39, 0.29) is 5.56 Å². The van der Waals surface area contributed by atoms with Crippen LogP contribution in [0.15, 0.2) is 36.4 Å². The number of nitrogens with one attached hydrogen (secondary N) is 1. The van der Waals surface area contributed by atoms with E-state index in [2.05, 4.69) is 5.32 Å². The van der Waals surface area contributed by atoms with Gasteiger partial charge in [0.25, 0.3) is 0 Å². The number of methoxy groups -OCH3 is 2. The lowest BCUT2D eigenvalue weighted by Gasteiger charge is -2.21. The maximum atomic E-state index is 14.0. The molecular formula is C16H17F2NO2. The van der Waals surface area contributed by atoms with Crippen LogP contribution >= 0.6 is 0 Å². The summed E-state index contributed by atoms with van der Waals surface area (Å²) in [4.78, 5) is 0. The van der Waals surface area contributed by atoms with Crippen LogP contribution in [0.25, 0.3) is 0 Å². The van der Waals surface area contributed by atoms with Crippen molar-refractivity contribution >= 4 is 0 Å². The Morgan fingerprint density at radius 3 is 2.33 bits per heavy atom. The van der Waals surface area contributed by atoms with E-state index < -0.39 is 17.7 Å². The van der Waals surface area contributed by atoms with E-state index in [4.69, 9.17) is 9.47 Å². The Bertz CT molecular complexity index is 632. The number of hydrogen-bond donors (Lipinski definition) is 1. The molecule has 112 valence electrons. The molecule has 5 heteroatoms. The summed E-state index contributed by atoms with van der Waals surface area (Å²) in [5.74, 6) is 0.204. The monoisotopic (exact) mass is 293 g/mol. The maximum Gasteiger partial charge on any atom is 0.128 e. The summed E-state index contributed by atoms with van der Waals surface area (Å²) in [6.07, 6.45) is 0. The average molecular weight is 293 g/mol. The molecule has 0 aromatic heterocycles. The summed E-state index contributed by atoms with van der Waals surface area (Å²) in [7, 11) is 4.75. The fraction of sp³-hybridized carbons (Fsp3) is 0.250. The number of benzene rings is 2. The van der Waals surface area contributed by atoms with Crippen molar-refractivity contribution in [2.24, 2.45) is 0 Å². The van der Waals surface area contributed by atoms with Crippen molar-refractivity contribution in [3.63, 3.8) is 0 Å². The second kappa shape index (κ2) is 6.54. The molecule has 2 rings (SSSR count). The molecule has 21 heavy (non-hydrogen) atoms. The van der Waals surface area contributed by atoms with Gasteiger partial charge in [0.05, 0.1) is 20.3 Å². The van der Waals surface area contributed by atoms with Crippen LogP contribution in [0.3, 0.4) is 0 Å². The fourth-order valence-electron chi connectivity index (χ4n) is 2.28. The minimum absolute atomic E-state index is 0.212. The third-order valence-electron chi connectivity index (χ3n) is 3.31. The van der Waals surface area contributed by atoms with Gasteiger partial charge in [0.2, 0.25) is 0 Å². The van der Waals surface area contributed by atoms with Gasteiger partial charge in [0, 0.05) is 11.1 Å². The first kappa shape index (κ1) is 15.3. The van der Waals surface area contributed by atoms with Crippen LogP contribution < -0.4 is 14.8 Å². The number of rotatable bonds is 5. The van der Waals surface area contributed by atoms with E-state index in [1.54, 1.807) is 32.4 Å². The number of halogens is 2. The van der Waals surface area contributed by atoms with Gasteiger partial charge in [-0.25, -0.2) is 8.78 Å². The van der Waals surface area contributed by atoms with Gasteiger partial charge in [0.1, 0.15) is 23.1 Å².